The van der Waals surface area contributed by atoms with Gasteiger partial charge in [-0.1, -0.05) is 0 Å². The van der Waals surface area contributed by atoms with Crippen molar-refractivity contribution < 1.29 is 14.8 Å². The lowest BCUT2D eigenvalue weighted by Crippen LogP contribution is -2.48. The van der Waals surface area contributed by atoms with Crippen LogP contribution in [0, 0.1) is 10.1 Å². The summed E-state index contributed by atoms with van der Waals surface area (Å²) >= 11 is 0. The van der Waals surface area contributed by atoms with Gasteiger partial charge in [-0.3, -0.25) is 15.1 Å². The van der Waals surface area contributed by atoms with E-state index in [0.29, 0.717) is 47.1 Å². The van der Waals surface area contributed by atoms with Gasteiger partial charge in [0.1, 0.15) is 11.6 Å². The van der Waals surface area contributed by atoms with Crippen LogP contribution in [0.15, 0.2) is 55.1 Å². The molecule has 13 nitrogen and oxygen atoms in total. The summed E-state index contributed by atoms with van der Waals surface area (Å²) in [5, 5.41) is 29.3. The first-order valence-electron chi connectivity index (χ1n) is 10.9. The summed E-state index contributed by atoms with van der Waals surface area (Å²) in [5.74, 6) is 1.67. The molecule has 13 heteroatoms. The van der Waals surface area contributed by atoms with Gasteiger partial charge in [0.15, 0.2) is 5.82 Å². The van der Waals surface area contributed by atoms with Gasteiger partial charge in [-0.15, -0.1) is 5.10 Å². The molecule has 0 unspecified atom stereocenters. The second-order valence-electron chi connectivity index (χ2n) is 8.44. The maximum absolute atomic E-state index is 11.4. The van der Waals surface area contributed by atoms with Gasteiger partial charge in [-0.05, 0) is 18.6 Å². The van der Waals surface area contributed by atoms with E-state index in [-0.39, 0.29) is 17.8 Å². The number of nitro groups is 1. The number of carboxylic acid groups (broad SMARTS) is 1. The van der Waals surface area contributed by atoms with Gasteiger partial charge in [0, 0.05) is 55.3 Å². The summed E-state index contributed by atoms with van der Waals surface area (Å²) in [4.78, 5) is 38.8. The minimum absolute atomic E-state index is 0.0513. The van der Waals surface area contributed by atoms with Crippen LogP contribution in [0.1, 0.15) is 6.42 Å². The molecule has 2 N–H and O–H groups in total. The number of nitrogens with one attached hydrogen (secondary N) is 1. The maximum atomic E-state index is 11.4. The molecule has 6 rings (SSSR count). The third kappa shape index (κ3) is 3.53. The number of nitrogens with zero attached hydrogens (tertiary/aromatic N) is 8. The number of anilines is 3. The molecule has 2 fully saturated rings. The molecule has 2 atom stereocenters. The summed E-state index contributed by atoms with van der Waals surface area (Å²) < 4.78 is 1.63. The van der Waals surface area contributed by atoms with E-state index in [1.54, 1.807) is 41.6 Å². The molecule has 3 aromatic heterocycles. The standard InChI is InChI=1S/C22H19N9O4/c32-22(33)29-12-15-7-16(29)11-28(15)20-9-13(3-4-25-20)30-18-8-14(31(34)35)1-2-17(18)21(27-30)26-19-10-23-5-6-24-19/h1-6,8-10,15-16H,7,11-12H2,(H,32,33)(H,24,26,27)/t15-,16-/m0/s1. The van der Waals surface area contributed by atoms with Gasteiger partial charge < -0.3 is 20.2 Å². The van der Waals surface area contributed by atoms with Crippen molar-refractivity contribution in [2.24, 2.45) is 0 Å². The summed E-state index contributed by atoms with van der Waals surface area (Å²) in [6.45, 7) is 1.01. The zero-order chi connectivity index (χ0) is 24.1. The number of carbonyl (C=O) groups is 1. The van der Waals surface area contributed by atoms with Crippen molar-refractivity contribution in [1.29, 1.82) is 0 Å². The van der Waals surface area contributed by atoms with E-state index in [2.05, 4.69) is 30.3 Å². The number of rotatable bonds is 5. The first-order valence-corrected chi connectivity index (χ1v) is 10.9. The number of aromatic nitrogens is 5. The number of hydrogen-bond acceptors (Lipinski definition) is 9. The molecule has 35 heavy (non-hydrogen) atoms. The lowest BCUT2D eigenvalue weighted by atomic mass is 10.2. The number of hydrogen-bond donors (Lipinski definition) is 2. The van der Waals surface area contributed by atoms with Crippen molar-refractivity contribution >= 4 is 40.1 Å². The van der Waals surface area contributed by atoms with Crippen LogP contribution in [0.2, 0.25) is 0 Å². The van der Waals surface area contributed by atoms with Gasteiger partial charge in [-0.2, -0.15) is 0 Å². The Hall–Kier alpha value is -4.81. The fraction of sp³-hybridized carbons (Fsp3) is 0.227. The fourth-order valence-electron chi connectivity index (χ4n) is 4.87. The summed E-state index contributed by atoms with van der Waals surface area (Å²) in [7, 11) is 0. The highest BCUT2D eigenvalue weighted by Crippen LogP contribution is 2.35. The van der Waals surface area contributed by atoms with Crippen LogP contribution in [0.5, 0.6) is 0 Å². The Morgan fingerprint density at radius 3 is 2.71 bits per heavy atom. The van der Waals surface area contributed by atoms with E-state index in [9.17, 15) is 20.0 Å². The first kappa shape index (κ1) is 20.8. The monoisotopic (exact) mass is 473 g/mol. The first-order chi connectivity index (χ1) is 17.0. The molecular formula is C22H19N9O4. The molecule has 176 valence electrons. The lowest BCUT2D eigenvalue weighted by Gasteiger charge is -2.33. The molecule has 2 saturated heterocycles. The number of non-ortho nitro benzene ring substituents is 1. The van der Waals surface area contributed by atoms with Crippen LogP contribution in [0.4, 0.5) is 27.9 Å². The largest absolute Gasteiger partial charge is 0.465 e. The minimum Gasteiger partial charge on any atom is -0.465 e. The minimum atomic E-state index is -0.897. The number of fused-ring (bicyclic) bond motifs is 3. The third-order valence-electron chi connectivity index (χ3n) is 6.44. The smallest absolute Gasteiger partial charge is 0.407 e. The molecule has 0 aliphatic carbocycles. The number of pyridine rings is 1. The van der Waals surface area contributed by atoms with Crippen LogP contribution >= 0.6 is 0 Å². The van der Waals surface area contributed by atoms with Crippen LogP contribution < -0.4 is 10.2 Å². The number of nitro benzene ring substituents is 1. The number of piperazine rings is 1. The summed E-state index contributed by atoms with van der Waals surface area (Å²) in [6, 6.07) is 8.21. The Labute approximate surface area is 197 Å². The highest BCUT2D eigenvalue weighted by atomic mass is 16.6. The fourth-order valence-corrected chi connectivity index (χ4v) is 4.87. The molecular weight excluding hydrogens is 454 g/mol. The van der Waals surface area contributed by atoms with E-state index in [1.807, 2.05) is 6.07 Å². The molecule has 2 aliphatic rings. The van der Waals surface area contributed by atoms with Gasteiger partial charge in [0.25, 0.3) is 5.69 Å². The van der Waals surface area contributed by atoms with Crippen LogP contribution in [-0.4, -0.2) is 70.9 Å². The Bertz CT molecular complexity index is 1460. The lowest BCUT2D eigenvalue weighted by molar-refractivity contribution is -0.384. The quantitative estimate of drug-likeness (QED) is 0.326. The SMILES string of the molecule is O=C(O)N1C[C@@H]2C[C@H]1CN2c1cc(-n2nc(Nc3cnccn3)c3ccc([N+](=O)[O-])cc32)ccn1. The van der Waals surface area contributed by atoms with Crippen molar-refractivity contribution in [2.45, 2.75) is 18.5 Å². The van der Waals surface area contributed by atoms with Crippen LogP contribution in [-0.2, 0) is 0 Å². The van der Waals surface area contributed by atoms with E-state index in [4.69, 9.17) is 0 Å². The Kier molecular flexibility index (Phi) is 4.69. The predicted octanol–water partition coefficient (Wildman–Crippen LogP) is 2.80. The van der Waals surface area contributed by atoms with Gasteiger partial charge in [-0.25, -0.2) is 19.4 Å². The molecule has 1 aromatic carbocycles. The summed E-state index contributed by atoms with van der Waals surface area (Å²) in [5.41, 5.74) is 1.16. The normalized spacial score (nSPS) is 18.9. The van der Waals surface area contributed by atoms with E-state index in [1.165, 1.54) is 17.0 Å². The molecule has 0 radical (unpaired) electrons. The van der Waals surface area contributed by atoms with Crippen molar-refractivity contribution in [1.82, 2.24) is 29.6 Å². The Balaban J connectivity index is 1.40. The van der Waals surface area contributed by atoms with Gasteiger partial charge in [0.2, 0.25) is 0 Å². The molecule has 0 saturated carbocycles. The van der Waals surface area contributed by atoms with Gasteiger partial charge >= 0.3 is 6.09 Å². The second kappa shape index (κ2) is 7.90. The zero-order valence-corrected chi connectivity index (χ0v) is 18.2. The Morgan fingerprint density at radius 2 is 2.00 bits per heavy atom. The van der Waals surface area contributed by atoms with Crippen molar-refractivity contribution in [3.05, 3.63) is 65.2 Å². The van der Waals surface area contributed by atoms with Crippen LogP contribution in [0.25, 0.3) is 16.6 Å². The summed E-state index contributed by atoms with van der Waals surface area (Å²) in [6.07, 6.45) is 6.20. The molecule has 0 spiro atoms. The van der Waals surface area contributed by atoms with Gasteiger partial charge in [0.05, 0.1) is 34.4 Å². The number of benzene rings is 1. The topological polar surface area (TPSA) is 155 Å². The molecule has 5 heterocycles. The molecule has 1 amide bonds. The second-order valence-corrected chi connectivity index (χ2v) is 8.44. The molecule has 2 aliphatic heterocycles. The highest BCUT2D eigenvalue weighted by Gasteiger charge is 2.45. The van der Waals surface area contributed by atoms with Crippen molar-refractivity contribution in [3.63, 3.8) is 0 Å². The maximum Gasteiger partial charge on any atom is 0.407 e. The van der Waals surface area contributed by atoms with Crippen LogP contribution in [0.3, 0.4) is 0 Å². The van der Waals surface area contributed by atoms with E-state index >= 15 is 0 Å². The average molecular weight is 473 g/mol. The van der Waals surface area contributed by atoms with Crippen molar-refractivity contribution in [3.8, 4) is 5.69 Å². The Morgan fingerprint density at radius 1 is 1.11 bits per heavy atom. The third-order valence-corrected chi connectivity index (χ3v) is 6.44. The van der Waals surface area contributed by atoms with Crippen molar-refractivity contribution in [2.75, 3.05) is 23.3 Å². The molecule has 4 aromatic rings. The zero-order valence-electron chi connectivity index (χ0n) is 18.2. The average Bonchev–Trinajstić information content (AvgIpc) is 3.58. The number of amides is 1. The van der Waals surface area contributed by atoms with E-state index < -0.39 is 11.0 Å². The molecule has 2 bridgehead atoms. The predicted molar refractivity (Wildman–Crippen MR) is 125 cm³/mol. The highest BCUT2D eigenvalue weighted by molar-refractivity contribution is 5.94. The number of likely N-dealkylation sites (tertiary alicyclic amines) is 1. The van der Waals surface area contributed by atoms with E-state index in [0.717, 1.165) is 6.42 Å².